The van der Waals surface area contributed by atoms with Crippen LogP contribution < -0.4 is 11.1 Å². The van der Waals surface area contributed by atoms with E-state index in [-0.39, 0.29) is 12.3 Å². The highest BCUT2D eigenvalue weighted by molar-refractivity contribution is 7.17. The number of hydrogen-bond acceptors (Lipinski definition) is 5. The number of thiazole rings is 1. The van der Waals surface area contributed by atoms with Crippen LogP contribution in [0.3, 0.4) is 0 Å². The summed E-state index contributed by atoms with van der Waals surface area (Å²) >= 11 is 1.12. The molecule has 0 bridgehead atoms. The van der Waals surface area contributed by atoms with E-state index in [9.17, 15) is 9.59 Å². The first-order valence-corrected chi connectivity index (χ1v) is 6.51. The summed E-state index contributed by atoms with van der Waals surface area (Å²) in [5.74, 6) is -1.17. The van der Waals surface area contributed by atoms with Crippen molar-refractivity contribution in [3.8, 4) is 0 Å². The quantitative estimate of drug-likeness (QED) is 0.760. The molecule has 0 saturated heterocycles. The van der Waals surface area contributed by atoms with Gasteiger partial charge in [0, 0.05) is 0 Å². The number of amides is 1. The molecule has 0 unspecified atom stereocenters. The zero-order valence-corrected chi connectivity index (χ0v) is 10.8. The largest absolute Gasteiger partial charge is 0.481 e. The molecule has 7 heteroatoms. The lowest BCUT2D eigenvalue weighted by molar-refractivity contribution is -0.139. The lowest BCUT2D eigenvalue weighted by atomic mass is 9.74. The molecular formula is C11H15N3O3S. The number of aryl methyl sites for hydroxylation is 1. The first-order valence-electron chi connectivity index (χ1n) is 5.69. The number of nitrogens with zero attached hydrogens (tertiary/aromatic N) is 1. The monoisotopic (exact) mass is 269 g/mol. The number of carboxylic acid groups (broad SMARTS) is 1. The van der Waals surface area contributed by atoms with Gasteiger partial charge >= 0.3 is 5.97 Å². The van der Waals surface area contributed by atoms with Gasteiger partial charge in [0.05, 0.1) is 17.7 Å². The van der Waals surface area contributed by atoms with E-state index in [0.717, 1.165) is 17.8 Å². The lowest BCUT2D eigenvalue weighted by Crippen LogP contribution is -2.54. The molecule has 1 saturated carbocycles. The molecule has 18 heavy (non-hydrogen) atoms. The highest BCUT2D eigenvalue weighted by atomic mass is 32.1. The third-order valence-electron chi connectivity index (χ3n) is 3.20. The Bertz CT molecular complexity index is 494. The van der Waals surface area contributed by atoms with Gasteiger partial charge in [0.1, 0.15) is 4.88 Å². The summed E-state index contributed by atoms with van der Waals surface area (Å²) in [5.41, 5.74) is 5.54. The van der Waals surface area contributed by atoms with Crippen molar-refractivity contribution in [1.29, 1.82) is 0 Å². The average molecular weight is 269 g/mol. The number of nitrogens with two attached hydrogens (primary N) is 1. The van der Waals surface area contributed by atoms with E-state index < -0.39 is 11.5 Å². The lowest BCUT2D eigenvalue weighted by Gasteiger charge is -2.41. The Morgan fingerprint density at radius 1 is 1.56 bits per heavy atom. The molecule has 1 aromatic heterocycles. The molecule has 0 atom stereocenters. The Kier molecular flexibility index (Phi) is 3.25. The van der Waals surface area contributed by atoms with Crippen molar-refractivity contribution in [2.75, 3.05) is 5.73 Å². The second-order valence-corrected chi connectivity index (χ2v) is 5.66. The fraction of sp³-hybridized carbons (Fsp3) is 0.545. The summed E-state index contributed by atoms with van der Waals surface area (Å²) in [7, 11) is 0. The maximum Gasteiger partial charge on any atom is 0.305 e. The maximum atomic E-state index is 12.1. The van der Waals surface area contributed by atoms with Crippen LogP contribution in [0, 0.1) is 6.92 Å². The molecule has 98 valence electrons. The summed E-state index contributed by atoms with van der Waals surface area (Å²) < 4.78 is 0. The number of rotatable bonds is 4. The first-order chi connectivity index (χ1) is 8.42. The highest BCUT2D eigenvalue weighted by Gasteiger charge is 2.40. The van der Waals surface area contributed by atoms with Crippen LogP contribution in [-0.2, 0) is 4.79 Å². The van der Waals surface area contributed by atoms with Gasteiger partial charge in [-0.2, -0.15) is 0 Å². The van der Waals surface area contributed by atoms with Crippen LogP contribution in [0.25, 0.3) is 0 Å². The van der Waals surface area contributed by atoms with Crippen LogP contribution in [0.5, 0.6) is 0 Å². The predicted molar refractivity (Wildman–Crippen MR) is 67.6 cm³/mol. The summed E-state index contributed by atoms with van der Waals surface area (Å²) in [4.78, 5) is 27.3. The Labute approximate surface area is 108 Å². The Balaban J connectivity index is 2.11. The number of anilines is 1. The van der Waals surface area contributed by atoms with E-state index in [4.69, 9.17) is 10.8 Å². The maximum absolute atomic E-state index is 12.1. The minimum absolute atomic E-state index is 0.0356. The molecule has 2 rings (SSSR count). The first kappa shape index (κ1) is 12.8. The molecule has 1 fully saturated rings. The molecule has 6 nitrogen and oxygen atoms in total. The van der Waals surface area contributed by atoms with E-state index in [1.807, 2.05) is 0 Å². The number of nitrogens with one attached hydrogen (secondary N) is 1. The summed E-state index contributed by atoms with van der Waals surface area (Å²) in [6, 6.07) is 0. The smallest absolute Gasteiger partial charge is 0.305 e. The zero-order chi connectivity index (χ0) is 13.3. The number of nitrogen functional groups attached to an aromatic ring is 1. The third kappa shape index (κ3) is 2.45. The van der Waals surface area contributed by atoms with Crippen LogP contribution in [0.4, 0.5) is 5.13 Å². The number of hydrogen-bond donors (Lipinski definition) is 3. The molecule has 1 heterocycles. The van der Waals surface area contributed by atoms with Gasteiger partial charge in [0.15, 0.2) is 5.13 Å². The number of carbonyl (C=O) groups is 2. The molecule has 0 aliphatic heterocycles. The van der Waals surface area contributed by atoms with Crippen molar-refractivity contribution < 1.29 is 14.7 Å². The third-order valence-corrected chi connectivity index (χ3v) is 4.18. The summed E-state index contributed by atoms with van der Waals surface area (Å²) in [5, 5.41) is 12.0. The molecule has 0 radical (unpaired) electrons. The van der Waals surface area contributed by atoms with E-state index in [2.05, 4.69) is 10.3 Å². The fourth-order valence-electron chi connectivity index (χ4n) is 2.16. The van der Waals surface area contributed by atoms with E-state index in [0.29, 0.717) is 28.5 Å². The number of aliphatic carboxylic acids is 1. The van der Waals surface area contributed by atoms with Crippen molar-refractivity contribution in [3.63, 3.8) is 0 Å². The SMILES string of the molecule is Cc1nc(N)sc1C(=O)NC1(CC(=O)O)CCC1. The number of aromatic nitrogens is 1. The van der Waals surface area contributed by atoms with Crippen LogP contribution in [-0.4, -0.2) is 27.5 Å². The normalized spacial score (nSPS) is 16.9. The minimum atomic E-state index is -0.893. The van der Waals surface area contributed by atoms with Gasteiger partial charge in [-0.3, -0.25) is 9.59 Å². The van der Waals surface area contributed by atoms with Crippen LogP contribution in [0.2, 0.25) is 0 Å². The van der Waals surface area contributed by atoms with Crippen LogP contribution >= 0.6 is 11.3 Å². The topological polar surface area (TPSA) is 105 Å². The van der Waals surface area contributed by atoms with Gasteiger partial charge in [-0.25, -0.2) is 4.98 Å². The van der Waals surface area contributed by atoms with Crippen molar-refractivity contribution in [2.45, 2.75) is 38.1 Å². The second-order valence-electron chi connectivity index (χ2n) is 4.63. The van der Waals surface area contributed by atoms with E-state index in [1.165, 1.54) is 0 Å². The molecule has 1 aromatic rings. The standard InChI is InChI=1S/C11H15N3O3S/c1-6-8(18-10(12)13-6)9(17)14-11(3-2-4-11)5-7(15)16/h2-5H2,1H3,(H2,12,13)(H,14,17)(H,15,16). The second kappa shape index (κ2) is 4.56. The van der Waals surface area contributed by atoms with Gasteiger partial charge in [0.25, 0.3) is 5.91 Å². The molecule has 0 aromatic carbocycles. The van der Waals surface area contributed by atoms with Gasteiger partial charge in [-0.1, -0.05) is 11.3 Å². The van der Waals surface area contributed by atoms with E-state index in [1.54, 1.807) is 6.92 Å². The summed E-state index contributed by atoms with van der Waals surface area (Å²) in [6.45, 7) is 1.71. The van der Waals surface area contributed by atoms with Gasteiger partial charge < -0.3 is 16.2 Å². The van der Waals surface area contributed by atoms with Crippen molar-refractivity contribution in [2.24, 2.45) is 0 Å². The van der Waals surface area contributed by atoms with E-state index >= 15 is 0 Å². The van der Waals surface area contributed by atoms with Gasteiger partial charge in [-0.15, -0.1) is 0 Å². The number of carbonyl (C=O) groups excluding carboxylic acids is 1. The fourth-order valence-corrected chi connectivity index (χ4v) is 2.89. The average Bonchev–Trinajstić information content (AvgIpc) is 2.53. The zero-order valence-electron chi connectivity index (χ0n) is 10.0. The molecule has 0 spiro atoms. The highest BCUT2D eigenvalue weighted by Crippen LogP contribution is 2.35. The van der Waals surface area contributed by atoms with Gasteiger partial charge in [0.2, 0.25) is 0 Å². The molecule has 1 aliphatic carbocycles. The minimum Gasteiger partial charge on any atom is -0.481 e. The van der Waals surface area contributed by atoms with Crippen LogP contribution in [0.15, 0.2) is 0 Å². The van der Waals surface area contributed by atoms with Crippen molar-refractivity contribution in [3.05, 3.63) is 10.6 Å². The molecule has 4 N–H and O–H groups in total. The molecular weight excluding hydrogens is 254 g/mol. The Hall–Kier alpha value is -1.63. The molecule has 1 aliphatic rings. The Morgan fingerprint density at radius 2 is 2.22 bits per heavy atom. The van der Waals surface area contributed by atoms with Crippen LogP contribution in [0.1, 0.15) is 41.0 Å². The van der Waals surface area contributed by atoms with Crippen molar-refractivity contribution >= 4 is 28.3 Å². The predicted octanol–water partition coefficient (Wildman–Crippen LogP) is 1.16. The van der Waals surface area contributed by atoms with Crippen molar-refractivity contribution in [1.82, 2.24) is 10.3 Å². The number of carboxylic acids is 1. The molecule has 1 amide bonds. The summed E-state index contributed by atoms with van der Waals surface area (Å²) in [6.07, 6.45) is 2.32. The van der Waals surface area contributed by atoms with Gasteiger partial charge in [-0.05, 0) is 26.2 Å². The Morgan fingerprint density at radius 3 is 2.61 bits per heavy atom.